The van der Waals surface area contributed by atoms with Crippen molar-refractivity contribution in [2.75, 3.05) is 7.05 Å². The minimum Gasteiger partial charge on any atom is -0.453 e. The van der Waals surface area contributed by atoms with Crippen LogP contribution >= 0.6 is 0 Å². The summed E-state index contributed by atoms with van der Waals surface area (Å²) in [7, 11) is 1.67. The fourth-order valence-electron chi connectivity index (χ4n) is 2.93. The molecule has 0 spiro atoms. The van der Waals surface area contributed by atoms with E-state index in [0.717, 1.165) is 5.56 Å². The normalized spacial score (nSPS) is 11.7. The second kappa shape index (κ2) is 9.82. The number of aromatic nitrogens is 1. The van der Waals surface area contributed by atoms with E-state index in [1.807, 2.05) is 30.3 Å². The fourth-order valence-corrected chi connectivity index (χ4v) is 2.93. The summed E-state index contributed by atoms with van der Waals surface area (Å²) in [4.78, 5) is 30.2. The number of halogens is 1. The molecule has 156 valence electrons. The van der Waals surface area contributed by atoms with Crippen LogP contribution in [0.25, 0.3) is 11.3 Å². The fraction of sp³-hybridized carbons (Fsp3) is 0.261. The lowest BCUT2D eigenvalue weighted by Gasteiger charge is -2.21. The number of oxazole rings is 1. The Morgan fingerprint density at radius 3 is 2.53 bits per heavy atom. The Balaban J connectivity index is 1.47. The van der Waals surface area contributed by atoms with Crippen molar-refractivity contribution in [3.8, 4) is 11.3 Å². The van der Waals surface area contributed by atoms with E-state index < -0.39 is 12.1 Å². The number of carbonyl (C=O) groups is 2. The van der Waals surface area contributed by atoms with Crippen molar-refractivity contribution in [3.05, 3.63) is 78.1 Å². The summed E-state index contributed by atoms with van der Waals surface area (Å²) in [5.74, 6) is -0.261. The highest BCUT2D eigenvalue weighted by Gasteiger charge is 2.22. The van der Waals surface area contributed by atoms with Crippen molar-refractivity contribution in [1.82, 2.24) is 9.88 Å². The molecule has 0 fully saturated rings. The van der Waals surface area contributed by atoms with Crippen LogP contribution in [0.2, 0.25) is 0 Å². The SMILES string of the molecule is CC(OC(=O)CCc1ncc(-c2ccc(F)cc2)o1)C(=O)N(C)Cc1ccccc1. The molecular weight excluding hydrogens is 387 g/mol. The molecule has 0 aliphatic carbocycles. The standard InChI is InChI=1S/C23H23FN2O4/c1-16(23(28)26(2)15-17-6-4-3-5-7-17)29-22(27)13-12-21-25-14-20(30-21)18-8-10-19(24)11-9-18/h3-11,14,16H,12-13,15H2,1-2H3. The summed E-state index contributed by atoms with van der Waals surface area (Å²) in [6.07, 6.45) is 0.911. The van der Waals surface area contributed by atoms with Crippen LogP contribution in [0.1, 0.15) is 24.8 Å². The molecule has 0 aliphatic rings. The Morgan fingerprint density at radius 1 is 1.13 bits per heavy atom. The van der Waals surface area contributed by atoms with Crippen molar-refractivity contribution < 1.29 is 23.1 Å². The third kappa shape index (κ3) is 5.76. The first-order valence-corrected chi connectivity index (χ1v) is 9.61. The van der Waals surface area contributed by atoms with Gasteiger partial charge in [-0.3, -0.25) is 9.59 Å². The molecule has 0 bridgehead atoms. The third-order valence-corrected chi connectivity index (χ3v) is 4.52. The van der Waals surface area contributed by atoms with E-state index >= 15 is 0 Å². The molecule has 0 saturated carbocycles. The van der Waals surface area contributed by atoms with Crippen LogP contribution in [-0.4, -0.2) is 34.9 Å². The van der Waals surface area contributed by atoms with Gasteiger partial charge in [0.25, 0.3) is 5.91 Å². The highest BCUT2D eigenvalue weighted by atomic mass is 19.1. The number of esters is 1. The van der Waals surface area contributed by atoms with Crippen LogP contribution in [0, 0.1) is 5.82 Å². The van der Waals surface area contributed by atoms with Crippen molar-refractivity contribution in [2.45, 2.75) is 32.4 Å². The maximum absolute atomic E-state index is 13.0. The molecule has 1 heterocycles. The minimum atomic E-state index is -0.884. The number of carbonyl (C=O) groups excluding carboxylic acids is 2. The van der Waals surface area contributed by atoms with Crippen LogP contribution in [0.5, 0.6) is 0 Å². The molecule has 0 aliphatic heterocycles. The Hall–Kier alpha value is -3.48. The lowest BCUT2D eigenvalue weighted by molar-refractivity contribution is -0.158. The number of amides is 1. The summed E-state index contributed by atoms with van der Waals surface area (Å²) in [6.45, 7) is 1.99. The molecule has 3 rings (SSSR count). The molecule has 2 aromatic carbocycles. The van der Waals surface area contributed by atoms with E-state index in [-0.39, 0.29) is 24.6 Å². The summed E-state index contributed by atoms with van der Waals surface area (Å²) < 4.78 is 23.9. The van der Waals surface area contributed by atoms with E-state index in [1.54, 1.807) is 26.1 Å². The van der Waals surface area contributed by atoms with Crippen LogP contribution < -0.4 is 0 Å². The van der Waals surface area contributed by atoms with Gasteiger partial charge in [0.15, 0.2) is 17.8 Å². The van der Waals surface area contributed by atoms with Crippen LogP contribution in [0.4, 0.5) is 4.39 Å². The molecule has 30 heavy (non-hydrogen) atoms. The summed E-state index contributed by atoms with van der Waals surface area (Å²) in [5, 5.41) is 0. The number of hydrogen-bond acceptors (Lipinski definition) is 5. The Morgan fingerprint density at radius 2 is 1.83 bits per heavy atom. The van der Waals surface area contributed by atoms with Crippen LogP contribution in [0.15, 0.2) is 65.2 Å². The number of hydrogen-bond donors (Lipinski definition) is 0. The molecule has 7 heteroatoms. The predicted octanol–water partition coefficient (Wildman–Crippen LogP) is 4.00. The van der Waals surface area contributed by atoms with Gasteiger partial charge in [-0.25, -0.2) is 9.37 Å². The smallest absolute Gasteiger partial charge is 0.307 e. The largest absolute Gasteiger partial charge is 0.453 e. The molecule has 1 amide bonds. The van der Waals surface area contributed by atoms with E-state index in [1.165, 1.54) is 23.2 Å². The number of benzene rings is 2. The Labute approximate surface area is 174 Å². The topological polar surface area (TPSA) is 72.6 Å². The summed E-state index contributed by atoms with van der Waals surface area (Å²) in [5.41, 5.74) is 1.69. The molecule has 0 radical (unpaired) electrons. The monoisotopic (exact) mass is 410 g/mol. The van der Waals surface area contributed by atoms with Gasteiger partial charge >= 0.3 is 5.97 Å². The average molecular weight is 410 g/mol. The molecule has 1 atom stereocenters. The average Bonchev–Trinajstić information content (AvgIpc) is 3.22. The quantitative estimate of drug-likeness (QED) is 0.525. The molecular formula is C23H23FN2O4. The first-order valence-electron chi connectivity index (χ1n) is 9.61. The third-order valence-electron chi connectivity index (χ3n) is 4.52. The molecule has 0 saturated heterocycles. The van der Waals surface area contributed by atoms with E-state index in [4.69, 9.17) is 9.15 Å². The molecule has 1 aromatic heterocycles. The number of aryl methyl sites for hydroxylation is 1. The maximum Gasteiger partial charge on any atom is 0.307 e. The van der Waals surface area contributed by atoms with Gasteiger partial charge < -0.3 is 14.1 Å². The molecule has 6 nitrogen and oxygen atoms in total. The van der Waals surface area contributed by atoms with Crippen molar-refractivity contribution in [3.63, 3.8) is 0 Å². The van der Waals surface area contributed by atoms with Gasteiger partial charge in [-0.15, -0.1) is 0 Å². The van der Waals surface area contributed by atoms with Crippen LogP contribution in [0.3, 0.4) is 0 Å². The second-order valence-electron chi connectivity index (χ2n) is 6.94. The van der Waals surface area contributed by atoms with Gasteiger partial charge in [0, 0.05) is 25.6 Å². The zero-order valence-corrected chi connectivity index (χ0v) is 16.9. The van der Waals surface area contributed by atoms with Crippen molar-refractivity contribution in [1.29, 1.82) is 0 Å². The van der Waals surface area contributed by atoms with Gasteiger partial charge in [0.2, 0.25) is 0 Å². The predicted molar refractivity (Wildman–Crippen MR) is 109 cm³/mol. The molecule has 3 aromatic rings. The van der Waals surface area contributed by atoms with Gasteiger partial charge in [0.05, 0.1) is 12.6 Å². The zero-order chi connectivity index (χ0) is 21.5. The highest BCUT2D eigenvalue weighted by Crippen LogP contribution is 2.21. The van der Waals surface area contributed by atoms with Gasteiger partial charge in [-0.1, -0.05) is 30.3 Å². The number of likely N-dealkylation sites (N-methyl/N-ethyl adjacent to an activating group) is 1. The van der Waals surface area contributed by atoms with E-state index in [9.17, 15) is 14.0 Å². The van der Waals surface area contributed by atoms with Crippen molar-refractivity contribution in [2.24, 2.45) is 0 Å². The van der Waals surface area contributed by atoms with Gasteiger partial charge in [-0.2, -0.15) is 0 Å². The lowest BCUT2D eigenvalue weighted by atomic mass is 10.2. The van der Waals surface area contributed by atoms with Crippen molar-refractivity contribution >= 4 is 11.9 Å². The minimum absolute atomic E-state index is 0.0311. The number of nitrogens with zero attached hydrogens (tertiary/aromatic N) is 2. The van der Waals surface area contributed by atoms with Crippen LogP contribution in [-0.2, 0) is 27.3 Å². The molecule has 1 unspecified atom stereocenters. The number of rotatable bonds is 8. The maximum atomic E-state index is 13.0. The lowest BCUT2D eigenvalue weighted by Crippen LogP contribution is -2.37. The highest BCUT2D eigenvalue weighted by molar-refractivity contribution is 5.83. The summed E-state index contributed by atoms with van der Waals surface area (Å²) >= 11 is 0. The Bertz CT molecular complexity index is 986. The first kappa shape index (κ1) is 21.2. The first-order chi connectivity index (χ1) is 14.4. The zero-order valence-electron chi connectivity index (χ0n) is 16.9. The number of ether oxygens (including phenoxy) is 1. The van der Waals surface area contributed by atoms with E-state index in [2.05, 4.69) is 4.98 Å². The van der Waals surface area contributed by atoms with E-state index in [0.29, 0.717) is 23.8 Å². The Kier molecular flexibility index (Phi) is 6.95. The molecule has 0 N–H and O–H groups in total. The van der Waals surface area contributed by atoms with Gasteiger partial charge in [-0.05, 0) is 36.8 Å². The second-order valence-corrected chi connectivity index (χ2v) is 6.94. The summed E-state index contributed by atoms with van der Waals surface area (Å²) in [6, 6.07) is 15.4. The van der Waals surface area contributed by atoms with Gasteiger partial charge in [0.1, 0.15) is 5.82 Å².